The zero-order valence-corrected chi connectivity index (χ0v) is 12.5. The van der Waals surface area contributed by atoms with Gasteiger partial charge in [-0.05, 0) is 12.1 Å². The smallest absolute Gasteiger partial charge is 0.179 e. The number of nitrogen functional groups attached to an aromatic ring is 1. The van der Waals surface area contributed by atoms with Crippen molar-refractivity contribution in [1.29, 1.82) is 5.41 Å². The normalized spacial score (nSPS) is 11.8. The number of rotatable bonds is 9. The lowest BCUT2D eigenvalue weighted by Gasteiger charge is -2.19. The van der Waals surface area contributed by atoms with Gasteiger partial charge in [0.15, 0.2) is 9.84 Å². The van der Waals surface area contributed by atoms with Crippen molar-refractivity contribution in [2.45, 2.75) is 4.90 Å². The Bertz CT molecular complexity index is 551. The Morgan fingerprint density at radius 1 is 1.10 bits per heavy atom. The molecule has 5 N–H and O–H groups in total. The summed E-state index contributed by atoms with van der Waals surface area (Å²) in [6.07, 6.45) is 0. The summed E-state index contributed by atoms with van der Waals surface area (Å²) in [7, 11) is -3.45. The molecule has 0 aliphatic heterocycles. The van der Waals surface area contributed by atoms with Crippen molar-refractivity contribution >= 4 is 15.7 Å². The number of nitrogens with one attached hydrogen (secondary N) is 1. The molecule has 0 heterocycles. The highest BCUT2D eigenvalue weighted by molar-refractivity contribution is 7.91. The monoisotopic (exact) mass is 315 g/mol. The van der Waals surface area contributed by atoms with Crippen LogP contribution in [0.5, 0.6) is 0 Å². The van der Waals surface area contributed by atoms with Gasteiger partial charge in [-0.15, -0.1) is 0 Å². The van der Waals surface area contributed by atoms with Crippen molar-refractivity contribution in [2.24, 2.45) is 5.73 Å². The van der Waals surface area contributed by atoms with Crippen LogP contribution in [0.4, 0.5) is 0 Å². The first-order valence-corrected chi connectivity index (χ1v) is 8.17. The van der Waals surface area contributed by atoms with Gasteiger partial charge >= 0.3 is 0 Å². The van der Waals surface area contributed by atoms with E-state index >= 15 is 0 Å². The molecule has 1 aromatic rings. The number of sulfone groups is 1. The van der Waals surface area contributed by atoms with Crippen LogP contribution in [0.15, 0.2) is 29.2 Å². The summed E-state index contributed by atoms with van der Waals surface area (Å²) in [5.74, 6) is -0.220. The fourth-order valence-corrected chi connectivity index (χ4v) is 3.11. The first-order valence-electron chi connectivity index (χ1n) is 6.52. The number of hydrogen-bond acceptors (Lipinski definition) is 6. The zero-order chi connectivity index (χ0) is 15.9. The molecule has 0 aliphatic carbocycles. The molecule has 7 nitrogen and oxygen atoms in total. The summed E-state index contributed by atoms with van der Waals surface area (Å²) in [4.78, 5) is 1.85. The molecule has 0 saturated carbocycles. The molecule has 0 fully saturated rings. The fourth-order valence-electron chi connectivity index (χ4n) is 1.83. The molecule has 1 aromatic carbocycles. The van der Waals surface area contributed by atoms with Crippen LogP contribution in [-0.4, -0.2) is 68.0 Å². The second-order valence-electron chi connectivity index (χ2n) is 4.55. The van der Waals surface area contributed by atoms with Crippen LogP contribution >= 0.6 is 0 Å². The molecule has 0 unspecified atom stereocenters. The molecule has 0 spiro atoms. The molecule has 118 valence electrons. The maximum absolute atomic E-state index is 12.2. The summed E-state index contributed by atoms with van der Waals surface area (Å²) in [6, 6.07) is 5.84. The predicted molar refractivity (Wildman–Crippen MR) is 80.1 cm³/mol. The van der Waals surface area contributed by atoms with Crippen LogP contribution in [0.2, 0.25) is 0 Å². The number of nitrogens with two attached hydrogens (primary N) is 1. The van der Waals surface area contributed by atoms with Crippen molar-refractivity contribution in [1.82, 2.24) is 4.90 Å². The van der Waals surface area contributed by atoms with Crippen molar-refractivity contribution in [3.63, 3.8) is 0 Å². The molecule has 0 radical (unpaired) electrons. The fraction of sp³-hybridized carbons (Fsp3) is 0.462. The van der Waals surface area contributed by atoms with Gasteiger partial charge < -0.3 is 15.9 Å². The Morgan fingerprint density at radius 3 is 2.05 bits per heavy atom. The lowest BCUT2D eigenvalue weighted by molar-refractivity contribution is 0.167. The summed E-state index contributed by atoms with van der Waals surface area (Å²) in [6.45, 7) is 0.692. The lowest BCUT2D eigenvalue weighted by atomic mass is 10.2. The van der Waals surface area contributed by atoms with E-state index in [1.165, 1.54) is 24.3 Å². The molecule has 0 bridgehead atoms. The maximum Gasteiger partial charge on any atom is 0.179 e. The van der Waals surface area contributed by atoms with Crippen molar-refractivity contribution in [3.8, 4) is 0 Å². The Morgan fingerprint density at radius 2 is 1.62 bits per heavy atom. The van der Waals surface area contributed by atoms with Crippen molar-refractivity contribution in [3.05, 3.63) is 29.8 Å². The van der Waals surface area contributed by atoms with Gasteiger partial charge in [-0.3, -0.25) is 10.3 Å². The average molecular weight is 315 g/mol. The van der Waals surface area contributed by atoms with Gasteiger partial charge in [0.05, 0.1) is 23.9 Å². The third kappa shape index (κ3) is 5.43. The Kier molecular flexibility index (Phi) is 6.76. The van der Waals surface area contributed by atoms with Crippen LogP contribution in [0.1, 0.15) is 5.56 Å². The van der Waals surface area contributed by atoms with Crippen LogP contribution in [-0.2, 0) is 9.84 Å². The number of aliphatic hydroxyl groups excluding tert-OH is 2. The average Bonchev–Trinajstić information content (AvgIpc) is 2.45. The molecular weight excluding hydrogens is 294 g/mol. The SMILES string of the molecule is N=C(N)c1ccc(S(=O)(=O)CCN(CCO)CCO)cc1. The van der Waals surface area contributed by atoms with Crippen LogP contribution < -0.4 is 5.73 Å². The van der Waals surface area contributed by atoms with Crippen LogP contribution in [0.3, 0.4) is 0 Å². The molecule has 0 aliphatic rings. The minimum absolute atomic E-state index is 0.0899. The number of aliphatic hydroxyl groups is 2. The molecule has 0 amide bonds. The molecule has 0 aromatic heterocycles. The Hall–Kier alpha value is -1.48. The highest BCUT2D eigenvalue weighted by Gasteiger charge is 2.16. The van der Waals surface area contributed by atoms with Crippen molar-refractivity contribution in [2.75, 3.05) is 38.6 Å². The van der Waals surface area contributed by atoms with E-state index in [0.29, 0.717) is 18.7 Å². The Labute approximate surface area is 124 Å². The molecule has 0 atom stereocenters. The van der Waals surface area contributed by atoms with Crippen LogP contribution in [0.25, 0.3) is 0 Å². The number of nitrogens with zero attached hydrogens (tertiary/aromatic N) is 1. The van der Waals surface area contributed by atoms with Gasteiger partial charge in [-0.25, -0.2) is 8.42 Å². The van der Waals surface area contributed by atoms with E-state index in [2.05, 4.69) is 0 Å². The standard InChI is InChI=1S/C13H21N3O4S/c14-13(15)11-1-3-12(4-2-11)21(19,20)10-7-16(5-8-17)6-9-18/h1-4,17-18H,5-10H2,(H3,14,15). The molecule has 1 rings (SSSR count). The quantitative estimate of drug-likeness (QED) is 0.343. The third-order valence-electron chi connectivity index (χ3n) is 3.03. The minimum atomic E-state index is -3.45. The topological polar surface area (TPSA) is 128 Å². The van der Waals surface area contributed by atoms with Gasteiger partial charge in [0.1, 0.15) is 5.84 Å². The highest BCUT2D eigenvalue weighted by Crippen LogP contribution is 2.12. The summed E-state index contributed by atoms with van der Waals surface area (Å²) >= 11 is 0. The third-order valence-corrected chi connectivity index (χ3v) is 4.74. The Balaban J connectivity index is 2.74. The van der Waals surface area contributed by atoms with Gasteiger partial charge in [0, 0.05) is 25.2 Å². The van der Waals surface area contributed by atoms with Crippen molar-refractivity contribution < 1.29 is 18.6 Å². The minimum Gasteiger partial charge on any atom is -0.395 e. The molecular formula is C13H21N3O4S. The first kappa shape index (κ1) is 17.6. The highest BCUT2D eigenvalue weighted by atomic mass is 32.2. The second kappa shape index (κ2) is 8.08. The van der Waals surface area contributed by atoms with Gasteiger partial charge in [0.25, 0.3) is 0 Å². The zero-order valence-electron chi connectivity index (χ0n) is 11.7. The number of hydrogen-bond donors (Lipinski definition) is 4. The second-order valence-corrected chi connectivity index (χ2v) is 6.65. The van der Waals surface area contributed by atoms with E-state index in [0.717, 1.165) is 0 Å². The van der Waals surface area contributed by atoms with E-state index < -0.39 is 9.84 Å². The molecule has 0 saturated heterocycles. The summed E-state index contributed by atoms with van der Waals surface area (Å²) < 4.78 is 24.4. The van der Waals surface area contributed by atoms with E-state index in [4.69, 9.17) is 21.4 Å². The number of amidine groups is 1. The van der Waals surface area contributed by atoms with Gasteiger partial charge in [-0.1, -0.05) is 12.1 Å². The van der Waals surface area contributed by atoms with E-state index in [1.807, 2.05) is 0 Å². The van der Waals surface area contributed by atoms with E-state index in [9.17, 15) is 8.42 Å². The van der Waals surface area contributed by atoms with E-state index in [1.54, 1.807) is 4.90 Å². The van der Waals surface area contributed by atoms with E-state index in [-0.39, 0.29) is 36.2 Å². The largest absolute Gasteiger partial charge is 0.395 e. The predicted octanol–water partition coefficient (Wildman–Crippen LogP) is -0.969. The number of benzene rings is 1. The van der Waals surface area contributed by atoms with Gasteiger partial charge in [-0.2, -0.15) is 0 Å². The van der Waals surface area contributed by atoms with Crippen LogP contribution in [0, 0.1) is 5.41 Å². The lowest BCUT2D eigenvalue weighted by Crippen LogP contribution is -2.34. The molecule has 8 heteroatoms. The maximum atomic E-state index is 12.2. The first-order chi connectivity index (χ1) is 9.90. The molecule has 21 heavy (non-hydrogen) atoms. The summed E-state index contributed by atoms with van der Waals surface area (Å²) in [5, 5.41) is 25.0. The summed E-state index contributed by atoms with van der Waals surface area (Å²) in [5.41, 5.74) is 5.79. The van der Waals surface area contributed by atoms with Gasteiger partial charge in [0.2, 0.25) is 0 Å².